The molecule has 0 aromatic heterocycles. The van der Waals surface area contributed by atoms with Crippen molar-refractivity contribution in [2.24, 2.45) is 0 Å². The van der Waals surface area contributed by atoms with Crippen molar-refractivity contribution >= 4 is 27.7 Å². The molecular formula is C32H37BrN2O2. The average molecular weight is 562 g/mol. The summed E-state index contributed by atoms with van der Waals surface area (Å²) < 4.78 is 0.961. The molecule has 3 aromatic rings. The number of rotatable bonds is 10. The number of nitrogens with one attached hydrogen (secondary N) is 1. The van der Waals surface area contributed by atoms with E-state index in [4.69, 9.17) is 0 Å². The molecule has 0 bridgehead atoms. The number of amides is 2. The molecule has 1 fully saturated rings. The number of carbonyl (C=O) groups is 2. The summed E-state index contributed by atoms with van der Waals surface area (Å²) in [6.07, 6.45) is 7.04. The smallest absolute Gasteiger partial charge is 0.243 e. The Labute approximate surface area is 229 Å². The van der Waals surface area contributed by atoms with Gasteiger partial charge in [0.25, 0.3) is 0 Å². The second kappa shape index (κ2) is 13.6. The second-order valence-corrected chi connectivity index (χ2v) is 11.1. The molecule has 37 heavy (non-hydrogen) atoms. The summed E-state index contributed by atoms with van der Waals surface area (Å²) >= 11 is 3.56. The highest BCUT2D eigenvalue weighted by Crippen LogP contribution is 2.21. The normalized spacial score (nSPS) is 14.6. The highest BCUT2D eigenvalue weighted by Gasteiger charge is 2.31. The molecule has 0 unspecified atom stereocenters. The van der Waals surface area contributed by atoms with E-state index in [0.717, 1.165) is 46.8 Å². The van der Waals surface area contributed by atoms with Crippen LogP contribution in [0.3, 0.4) is 0 Å². The summed E-state index contributed by atoms with van der Waals surface area (Å²) in [5.74, 6) is -0.0466. The minimum atomic E-state index is -0.575. The van der Waals surface area contributed by atoms with Crippen LogP contribution in [0.2, 0.25) is 0 Å². The molecule has 1 aliphatic carbocycles. The van der Waals surface area contributed by atoms with Crippen LogP contribution >= 0.6 is 15.9 Å². The van der Waals surface area contributed by atoms with Crippen molar-refractivity contribution in [2.45, 2.75) is 76.9 Å². The van der Waals surface area contributed by atoms with Crippen LogP contribution in [0.25, 0.3) is 0 Å². The lowest BCUT2D eigenvalue weighted by Gasteiger charge is -2.33. The van der Waals surface area contributed by atoms with Gasteiger partial charge in [-0.25, -0.2) is 0 Å². The maximum absolute atomic E-state index is 13.8. The number of nitrogens with zero attached hydrogens (tertiary/aromatic N) is 1. The number of benzene rings is 3. The predicted molar refractivity (Wildman–Crippen MR) is 153 cm³/mol. The number of hydrogen-bond acceptors (Lipinski definition) is 2. The lowest BCUT2D eigenvalue weighted by atomic mass is 9.94. The Kier molecular flexibility index (Phi) is 9.95. The Balaban J connectivity index is 1.60. The molecule has 5 heteroatoms. The van der Waals surface area contributed by atoms with Crippen LogP contribution in [0.4, 0.5) is 0 Å². The molecule has 2 amide bonds. The fraction of sp³-hybridized carbons (Fsp3) is 0.375. The van der Waals surface area contributed by atoms with Crippen LogP contribution in [-0.4, -0.2) is 28.8 Å². The van der Waals surface area contributed by atoms with Crippen molar-refractivity contribution in [1.29, 1.82) is 0 Å². The number of aryl methyl sites for hydroxylation is 2. The third kappa shape index (κ3) is 8.29. The molecule has 0 heterocycles. The van der Waals surface area contributed by atoms with Crippen molar-refractivity contribution in [3.05, 3.63) is 106 Å². The van der Waals surface area contributed by atoms with Crippen LogP contribution in [0.1, 0.15) is 60.8 Å². The Bertz CT molecular complexity index is 1160. The zero-order valence-corrected chi connectivity index (χ0v) is 23.3. The Morgan fingerprint density at radius 3 is 2.30 bits per heavy atom. The van der Waals surface area contributed by atoms with Gasteiger partial charge in [-0.1, -0.05) is 107 Å². The molecule has 4 rings (SSSR count). The molecule has 1 saturated carbocycles. The molecule has 0 radical (unpaired) electrons. The Morgan fingerprint density at radius 2 is 1.59 bits per heavy atom. The van der Waals surface area contributed by atoms with Crippen molar-refractivity contribution in [3.63, 3.8) is 0 Å². The largest absolute Gasteiger partial charge is 0.352 e. The standard InChI is InChI=1S/C32H37BrN2O2/c1-24-15-17-25(18-16-24)19-20-31(36)35(23-27-11-8-12-28(33)21-27)30(22-26-9-4-2-5-10-26)32(37)34-29-13-6-3-7-14-29/h2,4-5,8-12,15-18,21,29-30H,3,6-7,13-14,19-20,22-23H2,1H3,(H,34,37)/t30-/m0/s1. The van der Waals surface area contributed by atoms with Gasteiger partial charge in [-0.2, -0.15) is 0 Å². The van der Waals surface area contributed by atoms with E-state index in [1.54, 1.807) is 4.90 Å². The number of halogens is 1. The summed E-state index contributed by atoms with van der Waals surface area (Å²) in [6, 6.07) is 26.0. The molecule has 0 aliphatic heterocycles. The second-order valence-electron chi connectivity index (χ2n) is 10.2. The first kappa shape index (κ1) is 27.1. The van der Waals surface area contributed by atoms with E-state index >= 15 is 0 Å². The van der Waals surface area contributed by atoms with Crippen LogP contribution in [0.15, 0.2) is 83.3 Å². The van der Waals surface area contributed by atoms with Crippen molar-refractivity contribution in [1.82, 2.24) is 10.2 Å². The van der Waals surface area contributed by atoms with Gasteiger partial charge in [0.2, 0.25) is 11.8 Å². The average Bonchev–Trinajstić information content (AvgIpc) is 2.91. The third-order valence-electron chi connectivity index (χ3n) is 7.21. The zero-order valence-electron chi connectivity index (χ0n) is 21.7. The minimum absolute atomic E-state index is 0.000255. The van der Waals surface area contributed by atoms with Crippen LogP contribution in [-0.2, 0) is 29.0 Å². The van der Waals surface area contributed by atoms with Crippen LogP contribution in [0, 0.1) is 6.92 Å². The molecule has 3 aromatic carbocycles. The fourth-order valence-corrected chi connectivity index (χ4v) is 5.53. The SMILES string of the molecule is Cc1ccc(CCC(=O)N(Cc2cccc(Br)c2)[C@@H](Cc2ccccc2)C(=O)NC2CCCCC2)cc1. The van der Waals surface area contributed by atoms with Gasteiger partial charge in [-0.05, 0) is 55.0 Å². The Morgan fingerprint density at radius 1 is 0.892 bits per heavy atom. The maximum Gasteiger partial charge on any atom is 0.243 e. The topological polar surface area (TPSA) is 49.4 Å². The fourth-order valence-electron chi connectivity index (χ4n) is 5.08. The van der Waals surface area contributed by atoms with E-state index in [9.17, 15) is 9.59 Å². The van der Waals surface area contributed by atoms with Crippen molar-refractivity contribution < 1.29 is 9.59 Å². The van der Waals surface area contributed by atoms with Gasteiger partial charge in [0.05, 0.1) is 0 Å². The summed E-state index contributed by atoms with van der Waals surface area (Å²) in [7, 11) is 0. The van der Waals surface area contributed by atoms with Gasteiger partial charge in [0.1, 0.15) is 6.04 Å². The molecular weight excluding hydrogens is 524 g/mol. The quantitative estimate of drug-likeness (QED) is 0.297. The van der Waals surface area contributed by atoms with Gasteiger partial charge in [0, 0.05) is 29.9 Å². The monoisotopic (exact) mass is 560 g/mol. The van der Waals surface area contributed by atoms with E-state index in [1.807, 2.05) is 54.6 Å². The van der Waals surface area contributed by atoms with Gasteiger partial charge >= 0.3 is 0 Å². The lowest BCUT2D eigenvalue weighted by molar-refractivity contribution is -0.141. The number of hydrogen-bond donors (Lipinski definition) is 1. The van der Waals surface area contributed by atoms with E-state index in [-0.39, 0.29) is 17.9 Å². The predicted octanol–water partition coefficient (Wildman–Crippen LogP) is 6.78. The van der Waals surface area contributed by atoms with E-state index < -0.39 is 6.04 Å². The number of carbonyl (C=O) groups excluding carboxylic acids is 2. The third-order valence-corrected chi connectivity index (χ3v) is 7.71. The van der Waals surface area contributed by atoms with Crippen LogP contribution in [0.5, 0.6) is 0 Å². The van der Waals surface area contributed by atoms with Crippen molar-refractivity contribution in [2.75, 3.05) is 0 Å². The summed E-state index contributed by atoms with van der Waals surface area (Å²) in [5.41, 5.74) is 4.39. The Hall–Kier alpha value is -2.92. The molecule has 1 atom stereocenters. The van der Waals surface area contributed by atoms with E-state index in [1.165, 1.54) is 12.0 Å². The minimum Gasteiger partial charge on any atom is -0.352 e. The first-order valence-electron chi connectivity index (χ1n) is 13.4. The summed E-state index contributed by atoms with van der Waals surface area (Å²) in [5, 5.41) is 3.31. The lowest BCUT2D eigenvalue weighted by Crippen LogP contribution is -2.52. The molecule has 4 nitrogen and oxygen atoms in total. The first-order valence-corrected chi connectivity index (χ1v) is 14.2. The molecule has 0 spiro atoms. The highest BCUT2D eigenvalue weighted by molar-refractivity contribution is 9.10. The van der Waals surface area contributed by atoms with Crippen LogP contribution < -0.4 is 5.32 Å². The van der Waals surface area contributed by atoms with Gasteiger partial charge in [0.15, 0.2) is 0 Å². The van der Waals surface area contributed by atoms with Gasteiger partial charge in [-0.3, -0.25) is 9.59 Å². The van der Waals surface area contributed by atoms with E-state index in [0.29, 0.717) is 25.8 Å². The van der Waals surface area contributed by atoms with Crippen molar-refractivity contribution in [3.8, 4) is 0 Å². The first-order chi connectivity index (χ1) is 18.0. The molecule has 194 valence electrons. The summed E-state index contributed by atoms with van der Waals surface area (Å²) in [4.78, 5) is 29.5. The highest BCUT2D eigenvalue weighted by atomic mass is 79.9. The molecule has 1 N–H and O–H groups in total. The zero-order chi connectivity index (χ0) is 26.0. The molecule has 1 aliphatic rings. The van der Waals surface area contributed by atoms with Gasteiger partial charge < -0.3 is 10.2 Å². The maximum atomic E-state index is 13.8. The van der Waals surface area contributed by atoms with Gasteiger partial charge in [-0.15, -0.1) is 0 Å². The summed E-state index contributed by atoms with van der Waals surface area (Å²) in [6.45, 7) is 2.45. The molecule has 0 saturated heterocycles. The van der Waals surface area contributed by atoms with E-state index in [2.05, 4.69) is 52.4 Å².